The van der Waals surface area contributed by atoms with Gasteiger partial charge < -0.3 is 20.9 Å². The van der Waals surface area contributed by atoms with Crippen molar-refractivity contribution in [3.63, 3.8) is 0 Å². The largest absolute Gasteiger partial charge is 0.369 e. The van der Waals surface area contributed by atoms with Crippen molar-refractivity contribution in [1.29, 1.82) is 0 Å². The number of amides is 3. The minimum absolute atomic E-state index is 0.0615. The Bertz CT molecular complexity index is 967. The first-order chi connectivity index (χ1) is 16.2. The Morgan fingerprint density at radius 3 is 2.21 bits per heavy atom. The summed E-state index contributed by atoms with van der Waals surface area (Å²) in [6.45, 7) is 7.91. The average Bonchev–Trinajstić information content (AvgIpc) is 3.58. The lowest BCUT2D eigenvalue weighted by molar-refractivity contribution is -0.121. The van der Waals surface area contributed by atoms with Crippen molar-refractivity contribution >= 4 is 17.5 Å². The molecule has 184 valence electrons. The molecule has 4 aliphatic rings. The molecule has 2 aliphatic carbocycles. The number of nitrogens with zero attached hydrogens (tertiary/aromatic N) is 2. The first-order valence-corrected chi connectivity index (χ1v) is 13.2. The highest BCUT2D eigenvalue weighted by atomic mass is 16.2. The molecule has 34 heavy (non-hydrogen) atoms. The van der Waals surface area contributed by atoms with Crippen LogP contribution in [0.2, 0.25) is 0 Å². The molecule has 2 heterocycles. The molecule has 6 heteroatoms. The molecule has 1 aromatic carbocycles. The average molecular weight is 465 g/mol. The molecule has 0 spiro atoms. The lowest BCUT2D eigenvalue weighted by Crippen LogP contribution is -2.59. The van der Waals surface area contributed by atoms with Crippen LogP contribution in [0.3, 0.4) is 0 Å². The number of rotatable bonds is 4. The van der Waals surface area contributed by atoms with Gasteiger partial charge in [-0.25, -0.2) is 4.79 Å². The van der Waals surface area contributed by atoms with Crippen LogP contribution in [0, 0.1) is 11.8 Å². The van der Waals surface area contributed by atoms with Crippen LogP contribution >= 0.6 is 0 Å². The Morgan fingerprint density at radius 1 is 0.941 bits per heavy atom. The van der Waals surface area contributed by atoms with E-state index in [2.05, 4.69) is 34.5 Å². The molecule has 3 fully saturated rings. The Labute approximate surface area is 203 Å². The SMILES string of the molecule is CC(C)(C)NC(=O)N1CCN2C(C3CC3)=C(c3ccc(C4CCCCC4)cc3)C(C(N)=O)C2C1. The molecule has 2 aliphatic heterocycles. The summed E-state index contributed by atoms with van der Waals surface area (Å²) in [6.07, 6.45) is 8.90. The summed E-state index contributed by atoms with van der Waals surface area (Å²) in [5.74, 6) is 0.502. The summed E-state index contributed by atoms with van der Waals surface area (Å²) in [7, 11) is 0. The second-order valence-corrected chi connectivity index (χ2v) is 11.8. The van der Waals surface area contributed by atoms with Crippen molar-refractivity contribution in [3.05, 3.63) is 41.1 Å². The standard InChI is InChI=1S/C28H40N4O2/c1-28(2,3)30-27(34)31-15-16-32-22(17-31)24(26(29)33)23(25(32)21-13-14-21)20-11-9-19(10-12-20)18-7-5-4-6-8-18/h9-12,18,21-22,24H,4-8,13-17H2,1-3H3,(H2,29,33)(H,30,34). The topological polar surface area (TPSA) is 78.7 Å². The molecule has 1 aromatic rings. The molecular weight excluding hydrogens is 424 g/mol. The summed E-state index contributed by atoms with van der Waals surface area (Å²) in [5.41, 5.74) is 10.8. The number of primary amides is 1. The second kappa shape index (κ2) is 8.94. The number of allylic oxidation sites excluding steroid dienone is 1. The minimum Gasteiger partial charge on any atom is -0.369 e. The van der Waals surface area contributed by atoms with Crippen LogP contribution in [0.4, 0.5) is 4.79 Å². The van der Waals surface area contributed by atoms with Crippen LogP contribution in [0.1, 0.15) is 82.8 Å². The van der Waals surface area contributed by atoms with E-state index in [-0.39, 0.29) is 29.4 Å². The molecule has 2 atom stereocenters. The fourth-order valence-corrected chi connectivity index (χ4v) is 6.33. The summed E-state index contributed by atoms with van der Waals surface area (Å²) in [4.78, 5) is 30.1. The van der Waals surface area contributed by atoms with Gasteiger partial charge in [-0.15, -0.1) is 0 Å². The van der Waals surface area contributed by atoms with Gasteiger partial charge >= 0.3 is 6.03 Å². The first-order valence-electron chi connectivity index (χ1n) is 13.2. The maximum absolute atomic E-state index is 12.9. The van der Waals surface area contributed by atoms with Gasteiger partial charge in [0, 0.05) is 30.9 Å². The van der Waals surface area contributed by atoms with Crippen LogP contribution in [0.5, 0.6) is 0 Å². The van der Waals surface area contributed by atoms with E-state index in [1.165, 1.54) is 56.2 Å². The highest BCUT2D eigenvalue weighted by Gasteiger charge is 2.50. The summed E-state index contributed by atoms with van der Waals surface area (Å²) in [5, 5.41) is 3.08. The lowest BCUT2D eigenvalue weighted by Gasteiger charge is -2.42. The number of hydrogen-bond donors (Lipinski definition) is 2. The third-order valence-electron chi connectivity index (χ3n) is 8.04. The van der Waals surface area contributed by atoms with Crippen molar-refractivity contribution in [3.8, 4) is 0 Å². The van der Waals surface area contributed by atoms with E-state index in [1.807, 2.05) is 25.7 Å². The summed E-state index contributed by atoms with van der Waals surface area (Å²) < 4.78 is 0. The number of piperazine rings is 1. The van der Waals surface area contributed by atoms with Gasteiger partial charge in [-0.2, -0.15) is 0 Å². The third kappa shape index (κ3) is 4.56. The quantitative estimate of drug-likeness (QED) is 0.690. The van der Waals surface area contributed by atoms with Crippen LogP contribution in [0.25, 0.3) is 5.57 Å². The van der Waals surface area contributed by atoms with E-state index >= 15 is 0 Å². The van der Waals surface area contributed by atoms with Crippen molar-refractivity contribution in [1.82, 2.24) is 15.1 Å². The van der Waals surface area contributed by atoms with Crippen molar-refractivity contribution < 1.29 is 9.59 Å². The number of fused-ring (bicyclic) bond motifs is 1. The highest BCUT2D eigenvalue weighted by Crippen LogP contribution is 2.51. The van der Waals surface area contributed by atoms with Crippen LogP contribution < -0.4 is 11.1 Å². The van der Waals surface area contributed by atoms with Gasteiger partial charge in [-0.1, -0.05) is 43.5 Å². The Balaban J connectivity index is 1.44. The Morgan fingerprint density at radius 2 is 1.62 bits per heavy atom. The smallest absolute Gasteiger partial charge is 0.317 e. The fraction of sp³-hybridized carbons (Fsp3) is 0.643. The van der Waals surface area contributed by atoms with Crippen LogP contribution in [-0.2, 0) is 4.79 Å². The van der Waals surface area contributed by atoms with Crippen molar-refractivity contribution in [2.24, 2.45) is 17.6 Å². The number of carbonyl (C=O) groups is 2. The molecule has 3 N–H and O–H groups in total. The van der Waals surface area contributed by atoms with Gasteiger partial charge in [0.1, 0.15) is 0 Å². The maximum atomic E-state index is 12.9. The maximum Gasteiger partial charge on any atom is 0.317 e. The first kappa shape index (κ1) is 23.3. The molecular formula is C28H40N4O2. The van der Waals surface area contributed by atoms with Gasteiger partial charge in [0.15, 0.2) is 0 Å². The Kier molecular flexibility index (Phi) is 6.11. The zero-order valence-corrected chi connectivity index (χ0v) is 21.0. The summed E-state index contributed by atoms with van der Waals surface area (Å²) in [6, 6.07) is 8.86. The lowest BCUT2D eigenvalue weighted by atomic mass is 9.82. The number of urea groups is 1. The normalized spacial score (nSPS) is 26.0. The molecule has 5 rings (SSSR count). The fourth-order valence-electron chi connectivity index (χ4n) is 6.33. The number of nitrogens with one attached hydrogen (secondary N) is 1. The zero-order valence-electron chi connectivity index (χ0n) is 21.0. The van der Waals surface area contributed by atoms with E-state index in [1.54, 1.807) is 0 Å². The molecule has 3 amide bonds. The molecule has 0 bridgehead atoms. The van der Waals surface area contributed by atoms with Gasteiger partial charge in [-0.05, 0) is 75.0 Å². The van der Waals surface area contributed by atoms with E-state index in [9.17, 15) is 9.59 Å². The number of nitrogens with two attached hydrogens (primary N) is 1. The predicted molar refractivity (Wildman–Crippen MR) is 135 cm³/mol. The van der Waals surface area contributed by atoms with Gasteiger partial charge in [0.25, 0.3) is 0 Å². The highest BCUT2D eigenvalue weighted by molar-refractivity contribution is 5.94. The second-order valence-electron chi connectivity index (χ2n) is 11.8. The third-order valence-corrected chi connectivity index (χ3v) is 8.04. The predicted octanol–water partition coefficient (Wildman–Crippen LogP) is 4.46. The number of carbonyl (C=O) groups excluding carboxylic acids is 2. The molecule has 0 aromatic heterocycles. The van der Waals surface area contributed by atoms with Crippen molar-refractivity contribution in [2.75, 3.05) is 19.6 Å². The van der Waals surface area contributed by atoms with Gasteiger partial charge in [-0.3, -0.25) is 4.79 Å². The Hall–Kier alpha value is -2.50. The summed E-state index contributed by atoms with van der Waals surface area (Å²) >= 11 is 0. The van der Waals surface area contributed by atoms with Crippen LogP contribution in [0.15, 0.2) is 30.0 Å². The minimum atomic E-state index is -0.388. The van der Waals surface area contributed by atoms with Crippen LogP contribution in [-0.4, -0.2) is 53.0 Å². The van der Waals surface area contributed by atoms with E-state index in [0.717, 1.165) is 17.7 Å². The van der Waals surface area contributed by atoms with Gasteiger partial charge in [0.05, 0.1) is 12.0 Å². The molecule has 2 saturated carbocycles. The molecule has 2 unspecified atom stereocenters. The molecule has 1 saturated heterocycles. The zero-order chi connectivity index (χ0) is 24.0. The van der Waals surface area contributed by atoms with Gasteiger partial charge in [0.2, 0.25) is 5.91 Å². The monoisotopic (exact) mass is 464 g/mol. The van der Waals surface area contributed by atoms with E-state index in [0.29, 0.717) is 24.9 Å². The number of hydrogen-bond acceptors (Lipinski definition) is 3. The van der Waals surface area contributed by atoms with E-state index < -0.39 is 0 Å². The molecule has 6 nitrogen and oxygen atoms in total. The number of benzene rings is 1. The van der Waals surface area contributed by atoms with E-state index in [4.69, 9.17) is 5.73 Å². The van der Waals surface area contributed by atoms with Crippen molar-refractivity contribution in [2.45, 2.75) is 83.2 Å². The molecule has 0 radical (unpaired) electrons.